The Labute approximate surface area is 191 Å². The predicted molar refractivity (Wildman–Crippen MR) is 121 cm³/mol. The van der Waals surface area contributed by atoms with Gasteiger partial charge in [-0.25, -0.2) is 9.59 Å². The van der Waals surface area contributed by atoms with Crippen molar-refractivity contribution in [3.05, 3.63) is 71.9 Å². The van der Waals surface area contributed by atoms with Crippen LogP contribution >= 0.6 is 0 Å². The molecule has 3 aliphatic rings. The van der Waals surface area contributed by atoms with Crippen molar-refractivity contribution in [3.8, 4) is 0 Å². The van der Waals surface area contributed by atoms with E-state index in [2.05, 4.69) is 39.9 Å². The van der Waals surface area contributed by atoms with Crippen molar-refractivity contribution in [2.45, 2.75) is 42.7 Å². The molecule has 33 heavy (non-hydrogen) atoms. The first-order chi connectivity index (χ1) is 15.8. The fraction of sp³-hybridized carbons (Fsp3) is 0.385. The van der Waals surface area contributed by atoms with Gasteiger partial charge in [0, 0.05) is 42.7 Å². The number of epoxide rings is 1. The maximum absolute atomic E-state index is 12.8. The zero-order valence-electron chi connectivity index (χ0n) is 18.9. The van der Waals surface area contributed by atoms with E-state index in [0.717, 1.165) is 23.0 Å². The summed E-state index contributed by atoms with van der Waals surface area (Å²) in [5.41, 5.74) is -0.0775. The molecule has 0 amide bonds. The van der Waals surface area contributed by atoms with E-state index >= 15 is 0 Å². The number of benzene rings is 2. The molecule has 0 unspecified atom stereocenters. The third-order valence-electron chi connectivity index (χ3n) is 7.73. The molecule has 7 heteroatoms. The van der Waals surface area contributed by atoms with Gasteiger partial charge in [0.15, 0.2) is 11.2 Å². The Balaban J connectivity index is 1.43. The van der Waals surface area contributed by atoms with E-state index < -0.39 is 28.7 Å². The van der Waals surface area contributed by atoms with Crippen molar-refractivity contribution >= 4 is 22.8 Å². The topological polar surface area (TPSA) is 73.3 Å². The van der Waals surface area contributed by atoms with Gasteiger partial charge in [-0.15, -0.1) is 0 Å². The van der Waals surface area contributed by atoms with E-state index in [0.29, 0.717) is 13.0 Å². The fourth-order valence-electron chi connectivity index (χ4n) is 6.09. The van der Waals surface area contributed by atoms with Crippen LogP contribution in [0.25, 0.3) is 10.9 Å². The minimum atomic E-state index is -1.65. The number of fused-ring (bicyclic) bond motifs is 1. The SMILES string of the molecule is COC(=O)[C@]12O[C@]13C[C@H](c1cn(Cc4ccccc4)c4ccccc14)N(C)C[C@@]3(C)OC2=O. The lowest BCUT2D eigenvalue weighted by Crippen LogP contribution is -2.57. The van der Waals surface area contributed by atoms with Crippen LogP contribution in [0.4, 0.5) is 0 Å². The number of esters is 2. The molecule has 3 saturated heterocycles. The Morgan fingerprint density at radius 1 is 1.15 bits per heavy atom. The third kappa shape index (κ3) is 2.52. The molecule has 170 valence electrons. The summed E-state index contributed by atoms with van der Waals surface area (Å²) in [5, 5.41) is 1.15. The number of hydrogen-bond acceptors (Lipinski definition) is 6. The number of aromatic nitrogens is 1. The molecule has 1 aromatic heterocycles. The second-order valence-corrected chi connectivity index (χ2v) is 9.57. The smallest absolute Gasteiger partial charge is 0.354 e. The molecule has 3 aromatic rings. The zero-order valence-corrected chi connectivity index (χ0v) is 18.9. The Kier molecular flexibility index (Phi) is 4.14. The lowest BCUT2D eigenvalue weighted by Gasteiger charge is -2.44. The lowest BCUT2D eigenvalue weighted by molar-refractivity contribution is -0.178. The Hall–Kier alpha value is -3.16. The van der Waals surface area contributed by atoms with Gasteiger partial charge < -0.3 is 18.8 Å². The van der Waals surface area contributed by atoms with Crippen LogP contribution < -0.4 is 0 Å². The normalized spacial score (nSPS) is 32.8. The minimum Gasteiger partial charge on any atom is -0.466 e. The van der Waals surface area contributed by atoms with Gasteiger partial charge in [0.1, 0.15) is 0 Å². The van der Waals surface area contributed by atoms with E-state index in [1.54, 1.807) is 0 Å². The first-order valence-electron chi connectivity index (χ1n) is 11.2. The molecule has 1 spiro atoms. The van der Waals surface area contributed by atoms with Crippen LogP contribution in [-0.2, 0) is 30.3 Å². The summed E-state index contributed by atoms with van der Waals surface area (Å²) < 4.78 is 19.0. The second-order valence-electron chi connectivity index (χ2n) is 9.57. The second kappa shape index (κ2) is 6.68. The van der Waals surface area contributed by atoms with Gasteiger partial charge in [-0.1, -0.05) is 48.5 Å². The van der Waals surface area contributed by atoms with Crippen LogP contribution in [0.5, 0.6) is 0 Å². The number of carbonyl (C=O) groups is 2. The van der Waals surface area contributed by atoms with Gasteiger partial charge in [0.05, 0.1) is 7.11 Å². The molecular weight excluding hydrogens is 420 g/mol. The quantitative estimate of drug-likeness (QED) is 0.348. The first-order valence-corrected chi connectivity index (χ1v) is 11.2. The average molecular weight is 447 g/mol. The van der Waals surface area contributed by atoms with Gasteiger partial charge in [-0.2, -0.15) is 0 Å². The highest BCUT2D eigenvalue weighted by Crippen LogP contribution is 2.68. The summed E-state index contributed by atoms with van der Waals surface area (Å²) in [6.07, 6.45) is 2.65. The van der Waals surface area contributed by atoms with Gasteiger partial charge in [-0.05, 0) is 31.2 Å². The van der Waals surface area contributed by atoms with E-state index in [-0.39, 0.29) is 6.04 Å². The van der Waals surface area contributed by atoms with Crippen LogP contribution in [0.2, 0.25) is 0 Å². The number of hydrogen-bond donors (Lipinski definition) is 0. The number of rotatable bonds is 4. The summed E-state index contributed by atoms with van der Waals surface area (Å²) in [4.78, 5) is 27.7. The van der Waals surface area contributed by atoms with Crippen LogP contribution in [0.3, 0.4) is 0 Å². The Morgan fingerprint density at radius 2 is 1.88 bits per heavy atom. The standard InChI is InChI=1S/C26H26N2O5/c1-24-16-27(2)21(13-25(24)26(33-25,22(29)31-3)23(30)32-24)19-15-28(14-17-9-5-4-6-10-17)20-12-8-7-11-18(19)20/h4-12,15,21H,13-14,16H2,1-3H3/t21-,24-,25+,26-/m1/s1. The Morgan fingerprint density at radius 3 is 2.64 bits per heavy atom. The molecule has 3 fully saturated rings. The summed E-state index contributed by atoms with van der Waals surface area (Å²) in [6.45, 7) is 3.07. The third-order valence-corrected chi connectivity index (χ3v) is 7.73. The monoisotopic (exact) mass is 446 g/mol. The van der Waals surface area contributed by atoms with Crippen LogP contribution in [0, 0.1) is 0 Å². The summed E-state index contributed by atoms with van der Waals surface area (Å²) in [7, 11) is 3.31. The number of likely N-dealkylation sites (N-methyl/N-ethyl adjacent to an activating group) is 1. The summed E-state index contributed by atoms with van der Waals surface area (Å²) >= 11 is 0. The lowest BCUT2D eigenvalue weighted by atomic mass is 9.73. The molecule has 4 atom stereocenters. The molecule has 0 bridgehead atoms. The van der Waals surface area contributed by atoms with E-state index in [4.69, 9.17) is 14.2 Å². The van der Waals surface area contributed by atoms with Crippen molar-refractivity contribution in [2.24, 2.45) is 0 Å². The molecule has 2 aromatic carbocycles. The highest BCUT2D eigenvalue weighted by molar-refractivity contribution is 6.11. The van der Waals surface area contributed by atoms with Crippen molar-refractivity contribution in [3.63, 3.8) is 0 Å². The fourth-order valence-corrected chi connectivity index (χ4v) is 6.09. The molecule has 0 aliphatic carbocycles. The minimum absolute atomic E-state index is 0.0546. The van der Waals surface area contributed by atoms with Crippen LogP contribution in [0.1, 0.15) is 30.5 Å². The number of para-hydroxylation sites is 1. The van der Waals surface area contributed by atoms with Gasteiger partial charge in [0.25, 0.3) is 5.60 Å². The van der Waals surface area contributed by atoms with Gasteiger partial charge >= 0.3 is 11.9 Å². The average Bonchev–Trinajstić information content (AvgIpc) is 3.32. The molecule has 3 aliphatic heterocycles. The number of piperidine rings is 1. The number of likely N-dealkylation sites (tertiary alicyclic amines) is 1. The van der Waals surface area contributed by atoms with Crippen LogP contribution in [0.15, 0.2) is 60.8 Å². The highest BCUT2D eigenvalue weighted by Gasteiger charge is 2.93. The van der Waals surface area contributed by atoms with Crippen molar-refractivity contribution < 1.29 is 23.8 Å². The Bertz CT molecular complexity index is 1290. The zero-order chi connectivity index (χ0) is 23.0. The summed E-state index contributed by atoms with van der Waals surface area (Å²) in [5.74, 6) is -1.32. The van der Waals surface area contributed by atoms with Crippen LogP contribution in [-0.4, -0.2) is 58.9 Å². The largest absolute Gasteiger partial charge is 0.466 e. The molecular formula is C26H26N2O5. The van der Waals surface area contributed by atoms with E-state index in [1.807, 2.05) is 44.3 Å². The first kappa shape index (κ1) is 20.4. The number of ether oxygens (including phenoxy) is 3. The number of methoxy groups -OCH3 is 1. The number of carbonyl (C=O) groups excluding carboxylic acids is 2. The number of nitrogens with zero attached hydrogens (tertiary/aromatic N) is 2. The molecule has 6 rings (SSSR count). The van der Waals surface area contributed by atoms with E-state index in [1.165, 1.54) is 12.7 Å². The highest BCUT2D eigenvalue weighted by atomic mass is 16.7. The maximum atomic E-state index is 12.8. The maximum Gasteiger partial charge on any atom is 0.354 e. The summed E-state index contributed by atoms with van der Waals surface area (Å²) in [6, 6.07) is 18.6. The van der Waals surface area contributed by atoms with Crippen molar-refractivity contribution in [1.82, 2.24) is 9.47 Å². The molecule has 0 N–H and O–H groups in total. The van der Waals surface area contributed by atoms with Gasteiger partial charge in [-0.3, -0.25) is 4.90 Å². The molecule has 4 heterocycles. The molecule has 7 nitrogen and oxygen atoms in total. The van der Waals surface area contributed by atoms with Gasteiger partial charge in [0.2, 0.25) is 0 Å². The molecule has 0 saturated carbocycles. The molecule has 0 radical (unpaired) electrons. The van der Waals surface area contributed by atoms with Crippen molar-refractivity contribution in [2.75, 3.05) is 20.7 Å². The predicted octanol–water partition coefficient (Wildman–Crippen LogP) is 3.06. The van der Waals surface area contributed by atoms with Crippen molar-refractivity contribution in [1.29, 1.82) is 0 Å². The van der Waals surface area contributed by atoms with E-state index in [9.17, 15) is 9.59 Å².